The van der Waals surface area contributed by atoms with E-state index in [1.54, 1.807) is 52.6 Å². The van der Waals surface area contributed by atoms with Crippen LogP contribution in [-0.2, 0) is 22.7 Å². The van der Waals surface area contributed by atoms with E-state index in [2.05, 4.69) is 15.6 Å². The lowest BCUT2D eigenvalue weighted by atomic mass is 10.2. The van der Waals surface area contributed by atoms with Gasteiger partial charge < -0.3 is 15.4 Å². The summed E-state index contributed by atoms with van der Waals surface area (Å²) in [4.78, 5) is 41.2. The van der Waals surface area contributed by atoms with Gasteiger partial charge in [0, 0.05) is 37.7 Å². The first-order chi connectivity index (χ1) is 14.5. The average Bonchev–Trinajstić information content (AvgIpc) is 3.02. The van der Waals surface area contributed by atoms with Crippen molar-refractivity contribution in [3.63, 3.8) is 0 Å². The highest BCUT2D eigenvalue weighted by atomic mass is 16.5. The van der Waals surface area contributed by atoms with Crippen LogP contribution in [0.15, 0.2) is 41.2 Å². The number of nitrogens with zero attached hydrogens (tertiary/aromatic N) is 3. The van der Waals surface area contributed by atoms with Crippen molar-refractivity contribution in [2.75, 3.05) is 17.7 Å². The van der Waals surface area contributed by atoms with Crippen LogP contribution in [0.1, 0.15) is 26.7 Å². The molecule has 1 aromatic carbocycles. The number of methoxy groups -OCH3 is 1. The molecule has 2 N–H and O–H groups in total. The van der Waals surface area contributed by atoms with Crippen molar-refractivity contribution >= 4 is 34.5 Å². The fourth-order valence-electron chi connectivity index (χ4n) is 3.21. The number of imidazole rings is 1. The molecule has 0 aliphatic carbocycles. The molecule has 2 amide bonds. The summed E-state index contributed by atoms with van der Waals surface area (Å²) in [5.41, 5.74) is 1.72. The summed E-state index contributed by atoms with van der Waals surface area (Å²) >= 11 is 0. The number of aryl methyl sites for hydroxylation is 2. The lowest BCUT2D eigenvalue weighted by molar-refractivity contribution is -0.121. The fraction of sp³-hybridized carbons (Fsp3) is 0.333. The van der Waals surface area contributed by atoms with Gasteiger partial charge in [0.1, 0.15) is 11.6 Å². The van der Waals surface area contributed by atoms with E-state index in [-0.39, 0.29) is 30.3 Å². The van der Waals surface area contributed by atoms with Gasteiger partial charge in [0.25, 0.3) is 0 Å². The minimum Gasteiger partial charge on any atom is -0.497 e. The third-order valence-corrected chi connectivity index (χ3v) is 4.70. The fourth-order valence-corrected chi connectivity index (χ4v) is 3.21. The number of nitrogens with one attached hydrogen (secondary N) is 2. The number of benzene rings is 1. The maximum absolute atomic E-state index is 12.4. The van der Waals surface area contributed by atoms with E-state index in [1.165, 1.54) is 0 Å². The third kappa shape index (κ3) is 4.51. The number of rotatable bonds is 8. The minimum absolute atomic E-state index is 0.00603. The molecule has 0 fully saturated rings. The number of pyridine rings is 1. The first kappa shape index (κ1) is 21.1. The van der Waals surface area contributed by atoms with E-state index < -0.39 is 0 Å². The number of hydrogen-bond acceptors (Lipinski definition) is 5. The van der Waals surface area contributed by atoms with Crippen molar-refractivity contribution in [3.05, 3.63) is 46.9 Å². The molecule has 2 heterocycles. The Morgan fingerprint density at radius 1 is 1.00 bits per heavy atom. The van der Waals surface area contributed by atoms with Crippen LogP contribution >= 0.6 is 0 Å². The number of amides is 2. The van der Waals surface area contributed by atoms with Gasteiger partial charge in [-0.1, -0.05) is 6.07 Å². The van der Waals surface area contributed by atoms with Crippen molar-refractivity contribution in [2.24, 2.45) is 0 Å². The molecule has 3 aromatic rings. The molecule has 0 saturated carbocycles. The number of hydrogen-bond donors (Lipinski definition) is 2. The van der Waals surface area contributed by atoms with Crippen molar-refractivity contribution < 1.29 is 14.3 Å². The van der Waals surface area contributed by atoms with Gasteiger partial charge in [-0.05, 0) is 38.1 Å². The number of carbonyl (C=O) groups excluding carboxylic acids is 2. The maximum Gasteiger partial charge on any atom is 0.330 e. The Balaban J connectivity index is 1.62. The van der Waals surface area contributed by atoms with Crippen LogP contribution in [0.5, 0.6) is 5.75 Å². The molecule has 0 unspecified atom stereocenters. The van der Waals surface area contributed by atoms with E-state index in [9.17, 15) is 14.4 Å². The zero-order valence-electron chi connectivity index (χ0n) is 17.3. The number of anilines is 2. The number of carbonyl (C=O) groups is 2. The largest absolute Gasteiger partial charge is 0.497 e. The standard InChI is InChI=1S/C21H25N5O4/c1-4-25-16-9-10-17(24-20(16)26(5-2)21(25)29)23-19(28)12-11-18(27)22-14-7-6-8-15(13-14)30-3/h6-10,13H,4-5,11-12H2,1-3H3,(H,22,27)(H,23,24,28). The van der Waals surface area contributed by atoms with Gasteiger partial charge in [0.05, 0.1) is 12.6 Å². The molecule has 0 spiro atoms. The Morgan fingerprint density at radius 3 is 2.37 bits per heavy atom. The first-order valence-electron chi connectivity index (χ1n) is 9.80. The molecule has 0 bridgehead atoms. The maximum atomic E-state index is 12.4. The van der Waals surface area contributed by atoms with Gasteiger partial charge in [0.15, 0.2) is 5.65 Å². The molecule has 0 radical (unpaired) electrons. The van der Waals surface area contributed by atoms with Crippen molar-refractivity contribution in [3.8, 4) is 5.75 Å². The smallest absolute Gasteiger partial charge is 0.330 e. The molecule has 0 saturated heterocycles. The van der Waals surface area contributed by atoms with Gasteiger partial charge in [-0.15, -0.1) is 0 Å². The highest BCUT2D eigenvalue weighted by Crippen LogP contribution is 2.17. The normalized spacial score (nSPS) is 10.8. The summed E-state index contributed by atoms with van der Waals surface area (Å²) < 4.78 is 8.32. The Labute approximate surface area is 173 Å². The van der Waals surface area contributed by atoms with E-state index in [0.717, 1.165) is 5.52 Å². The number of aromatic nitrogens is 3. The highest BCUT2D eigenvalue weighted by molar-refractivity contribution is 5.96. The van der Waals surface area contributed by atoms with Crippen molar-refractivity contribution in [2.45, 2.75) is 39.8 Å². The Morgan fingerprint density at radius 2 is 1.70 bits per heavy atom. The molecule has 9 heteroatoms. The van der Waals surface area contributed by atoms with Gasteiger partial charge in [-0.25, -0.2) is 9.78 Å². The highest BCUT2D eigenvalue weighted by Gasteiger charge is 2.14. The van der Waals surface area contributed by atoms with Crippen molar-refractivity contribution in [1.82, 2.24) is 14.1 Å². The molecule has 30 heavy (non-hydrogen) atoms. The molecular weight excluding hydrogens is 386 g/mol. The molecule has 3 rings (SSSR count). The zero-order valence-corrected chi connectivity index (χ0v) is 17.3. The van der Waals surface area contributed by atoms with Gasteiger partial charge in [-0.3, -0.25) is 18.7 Å². The van der Waals surface area contributed by atoms with Crippen LogP contribution in [0, 0.1) is 0 Å². The van der Waals surface area contributed by atoms with Crippen LogP contribution in [0.3, 0.4) is 0 Å². The lowest BCUT2D eigenvalue weighted by Gasteiger charge is -2.08. The van der Waals surface area contributed by atoms with Crippen LogP contribution in [-0.4, -0.2) is 33.0 Å². The Hall–Kier alpha value is -3.62. The predicted molar refractivity (Wildman–Crippen MR) is 115 cm³/mol. The first-order valence-corrected chi connectivity index (χ1v) is 9.80. The molecule has 0 aliphatic rings. The van der Waals surface area contributed by atoms with Gasteiger partial charge >= 0.3 is 5.69 Å². The van der Waals surface area contributed by atoms with Crippen LogP contribution in [0.4, 0.5) is 11.5 Å². The average molecular weight is 411 g/mol. The minimum atomic E-state index is -0.331. The molecular formula is C21H25N5O4. The molecule has 0 atom stereocenters. The summed E-state index contributed by atoms with van der Waals surface area (Å²) in [6.45, 7) is 4.79. The number of fused-ring (bicyclic) bond motifs is 1. The van der Waals surface area contributed by atoms with Crippen LogP contribution in [0.2, 0.25) is 0 Å². The van der Waals surface area contributed by atoms with Crippen LogP contribution < -0.4 is 21.1 Å². The van der Waals surface area contributed by atoms with Crippen LogP contribution in [0.25, 0.3) is 11.2 Å². The SMILES string of the molecule is CCn1c(=O)n(CC)c2nc(NC(=O)CCC(=O)Nc3cccc(OC)c3)ccc21. The van der Waals surface area contributed by atoms with Gasteiger partial charge in [-0.2, -0.15) is 0 Å². The van der Waals surface area contributed by atoms with E-state index >= 15 is 0 Å². The summed E-state index contributed by atoms with van der Waals surface area (Å²) in [6.07, 6.45) is 0.0310. The van der Waals surface area contributed by atoms with E-state index in [1.807, 2.05) is 13.8 Å². The third-order valence-electron chi connectivity index (χ3n) is 4.70. The summed E-state index contributed by atoms with van der Waals surface area (Å²) in [5.74, 6) is 0.371. The Bertz CT molecular complexity index is 1130. The number of ether oxygens (including phenoxy) is 1. The predicted octanol–water partition coefficient (Wildman–Crippen LogP) is 2.60. The summed E-state index contributed by atoms with van der Waals surface area (Å²) in [7, 11) is 1.55. The summed E-state index contributed by atoms with van der Waals surface area (Å²) in [5, 5.41) is 5.43. The quantitative estimate of drug-likeness (QED) is 0.592. The topological polar surface area (TPSA) is 107 Å². The van der Waals surface area contributed by atoms with E-state index in [4.69, 9.17) is 4.74 Å². The molecule has 9 nitrogen and oxygen atoms in total. The second-order valence-electron chi connectivity index (χ2n) is 6.64. The molecule has 2 aromatic heterocycles. The molecule has 0 aliphatic heterocycles. The van der Waals surface area contributed by atoms with Gasteiger partial charge in [0.2, 0.25) is 11.8 Å². The zero-order chi connectivity index (χ0) is 21.7. The summed E-state index contributed by atoms with van der Waals surface area (Å²) in [6, 6.07) is 10.4. The van der Waals surface area contributed by atoms with Crippen molar-refractivity contribution in [1.29, 1.82) is 0 Å². The molecule has 158 valence electrons. The lowest BCUT2D eigenvalue weighted by Crippen LogP contribution is -2.23. The monoisotopic (exact) mass is 411 g/mol. The Kier molecular flexibility index (Phi) is 6.51. The van der Waals surface area contributed by atoms with E-state index in [0.29, 0.717) is 36.0 Å². The second kappa shape index (κ2) is 9.25. The second-order valence-corrected chi connectivity index (χ2v) is 6.64.